The van der Waals surface area contributed by atoms with Gasteiger partial charge in [0.05, 0.1) is 23.1 Å². The van der Waals surface area contributed by atoms with Gasteiger partial charge < -0.3 is 19.7 Å². The minimum absolute atomic E-state index is 0.0495. The fourth-order valence-corrected chi connectivity index (χ4v) is 5.40. The molecule has 5 rings (SSSR count). The molecule has 0 unspecified atom stereocenters. The zero-order valence-electron chi connectivity index (χ0n) is 21.6. The SMILES string of the molecule is CC(=O)Cn1c(C(=O)NCc2cnoc2)nc(NC(=O)c2nsc3ccc(F)cc23)c1[C@H](C)c1cc(F)ccc1Cl. The average Bonchev–Trinajstić information content (AvgIpc) is 3.67. The zero-order valence-corrected chi connectivity index (χ0v) is 23.1. The number of nitrogens with one attached hydrogen (secondary N) is 2. The van der Waals surface area contributed by atoms with Gasteiger partial charge in [0, 0.05) is 28.4 Å². The molecule has 0 saturated carbocycles. The van der Waals surface area contributed by atoms with Crippen LogP contribution in [0.1, 0.15) is 57.7 Å². The van der Waals surface area contributed by atoms with Gasteiger partial charge in [-0.15, -0.1) is 0 Å². The molecule has 1 atom stereocenters. The van der Waals surface area contributed by atoms with E-state index in [-0.39, 0.29) is 46.9 Å². The fraction of sp³-hybridized carbons (Fsp3) is 0.185. The first-order chi connectivity index (χ1) is 19.6. The third kappa shape index (κ3) is 5.86. The summed E-state index contributed by atoms with van der Waals surface area (Å²) in [5, 5.41) is 9.46. The summed E-state index contributed by atoms with van der Waals surface area (Å²) in [4.78, 5) is 43.5. The first kappa shape index (κ1) is 28.1. The van der Waals surface area contributed by atoms with Gasteiger partial charge in [-0.25, -0.2) is 13.8 Å². The van der Waals surface area contributed by atoms with Crippen molar-refractivity contribution in [1.29, 1.82) is 0 Å². The Morgan fingerprint density at radius 3 is 2.61 bits per heavy atom. The molecular formula is C27H21ClF2N6O4S. The summed E-state index contributed by atoms with van der Waals surface area (Å²) in [6, 6.07) is 7.78. The van der Waals surface area contributed by atoms with Crippen LogP contribution in [0.3, 0.4) is 0 Å². The summed E-state index contributed by atoms with van der Waals surface area (Å²) in [7, 11) is 0. The molecule has 0 aliphatic heterocycles. The highest BCUT2D eigenvalue weighted by Crippen LogP contribution is 2.36. The number of hydrogen-bond donors (Lipinski definition) is 2. The van der Waals surface area contributed by atoms with Gasteiger partial charge in [-0.2, -0.15) is 4.37 Å². The van der Waals surface area contributed by atoms with E-state index in [0.717, 1.165) is 11.5 Å². The van der Waals surface area contributed by atoms with Crippen LogP contribution in [0.15, 0.2) is 53.4 Å². The molecule has 0 radical (unpaired) electrons. The highest BCUT2D eigenvalue weighted by atomic mass is 35.5. The first-order valence-corrected chi connectivity index (χ1v) is 13.3. The second-order valence-electron chi connectivity index (χ2n) is 9.19. The van der Waals surface area contributed by atoms with E-state index in [9.17, 15) is 23.2 Å². The summed E-state index contributed by atoms with van der Waals surface area (Å²) < 4.78 is 39.1. The number of imidazole rings is 1. The maximum absolute atomic E-state index is 14.3. The van der Waals surface area contributed by atoms with Crippen LogP contribution in [0, 0.1) is 11.6 Å². The second kappa shape index (κ2) is 11.6. The van der Waals surface area contributed by atoms with Crippen molar-refractivity contribution in [3.8, 4) is 0 Å². The molecular weight excluding hydrogens is 578 g/mol. The standard InChI is InChI=1S/C27H21ClF2N6O4S/c1-13(37)11-36-23(14(2)18-7-16(29)3-5-20(18)28)24(33-25(36)27(39)31-9-15-10-32-40-12-15)34-26(38)22-19-8-17(30)4-6-21(19)41-35-22/h3-8,10,12,14H,9,11H2,1-2H3,(H,31,39)(H,34,38)/t14-/m1/s1. The van der Waals surface area contributed by atoms with E-state index in [2.05, 4.69) is 25.1 Å². The Hall–Kier alpha value is -4.49. The predicted octanol–water partition coefficient (Wildman–Crippen LogP) is 5.34. The minimum Gasteiger partial charge on any atom is -0.364 e. The quantitative estimate of drug-likeness (QED) is 0.234. The molecule has 14 heteroatoms. The smallest absolute Gasteiger partial charge is 0.287 e. The van der Waals surface area contributed by atoms with Crippen LogP contribution in [0.5, 0.6) is 0 Å². The number of rotatable bonds is 9. The van der Waals surface area contributed by atoms with E-state index >= 15 is 0 Å². The van der Waals surface area contributed by atoms with Crippen LogP contribution < -0.4 is 10.6 Å². The molecule has 0 bridgehead atoms. The van der Waals surface area contributed by atoms with Gasteiger partial charge in [0.15, 0.2) is 5.82 Å². The minimum atomic E-state index is -0.746. The van der Waals surface area contributed by atoms with Gasteiger partial charge in [0.25, 0.3) is 11.8 Å². The molecule has 3 heterocycles. The van der Waals surface area contributed by atoms with Crippen LogP contribution in [-0.2, 0) is 17.9 Å². The highest BCUT2D eigenvalue weighted by molar-refractivity contribution is 7.13. The number of fused-ring (bicyclic) bond motifs is 1. The van der Waals surface area contributed by atoms with Gasteiger partial charge >= 0.3 is 0 Å². The van der Waals surface area contributed by atoms with Crippen LogP contribution in [0.4, 0.5) is 14.6 Å². The first-order valence-electron chi connectivity index (χ1n) is 12.2. The van der Waals surface area contributed by atoms with Gasteiger partial charge in [0.1, 0.15) is 29.4 Å². The van der Waals surface area contributed by atoms with Crippen LogP contribution in [-0.4, -0.2) is 36.7 Å². The number of carbonyl (C=O) groups is 3. The Morgan fingerprint density at radius 2 is 1.88 bits per heavy atom. The molecule has 0 fully saturated rings. The monoisotopic (exact) mass is 598 g/mol. The molecule has 10 nitrogen and oxygen atoms in total. The Balaban J connectivity index is 1.61. The summed E-state index contributed by atoms with van der Waals surface area (Å²) in [5.74, 6) is -3.79. The molecule has 0 aliphatic carbocycles. The van der Waals surface area contributed by atoms with Crippen molar-refractivity contribution in [2.24, 2.45) is 0 Å². The van der Waals surface area contributed by atoms with E-state index in [1.54, 1.807) is 6.92 Å². The molecule has 41 heavy (non-hydrogen) atoms. The van der Waals surface area contributed by atoms with Crippen molar-refractivity contribution in [3.05, 3.63) is 93.9 Å². The Morgan fingerprint density at radius 1 is 1.12 bits per heavy atom. The van der Waals surface area contributed by atoms with Crippen molar-refractivity contribution in [2.45, 2.75) is 32.9 Å². The van der Waals surface area contributed by atoms with Crippen LogP contribution in [0.2, 0.25) is 5.02 Å². The largest absolute Gasteiger partial charge is 0.364 e. The van der Waals surface area contributed by atoms with E-state index in [1.165, 1.54) is 60.3 Å². The maximum atomic E-state index is 14.3. The number of anilines is 1. The molecule has 210 valence electrons. The van der Waals surface area contributed by atoms with Crippen molar-refractivity contribution < 1.29 is 27.7 Å². The van der Waals surface area contributed by atoms with Gasteiger partial charge in [-0.3, -0.25) is 14.4 Å². The van der Waals surface area contributed by atoms with Crippen molar-refractivity contribution >= 4 is 56.6 Å². The van der Waals surface area contributed by atoms with E-state index in [1.807, 2.05) is 0 Å². The maximum Gasteiger partial charge on any atom is 0.287 e. The van der Waals surface area contributed by atoms with Gasteiger partial charge in [0.2, 0.25) is 5.82 Å². The van der Waals surface area contributed by atoms with E-state index in [4.69, 9.17) is 16.1 Å². The van der Waals surface area contributed by atoms with E-state index < -0.39 is 29.4 Å². The Kier molecular flexibility index (Phi) is 7.90. The molecule has 2 N–H and O–H groups in total. The lowest BCUT2D eigenvalue weighted by molar-refractivity contribution is -0.117. The normalized spacial score (nSPS) is 11.9. The second-order valence-corrected chi connectivity index (χ2v) is 10.4. The Bertz CT molecular complexity index is 1790. The number of amides is 2. The van der Waals surface area contributed by atoms with Crippen molar-refractivity contribution in [1.82, 2.24) is 24.4 Å². The van der Waals surface area contributed by atoms with E-state index in [0.29, 0.717) is 21.2 Å². The van der Waals surface area contributed by atoms with Gasteiger partial charge in [-0.05, 0) is 60.4 Å². The number of aromatic nitrogens is 4. The van der Waals surface area contributed by atoms with Gasteiger partial charge in [-0.1, -0.05) is 23.7 Å². The average molecular weight is 599 g/mol. The number of halogens is 3. The molecule has 2 aromatic carbocycles. The van der Waals surface area contributed by atoms with Crippen LogP contribution in [0.25, 0.3) is 10.1 Å². The third-order valence-corrected chi connectivity index (χ3v) is 7.41. The molecule has 5 aromatic rings. The lowest BCUT2D eigenvalue weighted by Crippen LogP contribution is -2.28. The molecule has 0 spiro atoms. The van der Waals surface area contributed by atoms with Crippen LogP contribution >= 0.6 is 23.1 Å². The number of ketones is 1. The summed E-state index contributed by atoms with van der Waals surface area (Å²) >= 11 is 7.42. The number of carbonyl (C=O) groups excluding carboxylic acids is 3. The topological polar surface area (TPSA) is 132 Å². The molecule has 0 aliphatic rings. The fourth-order valence-electron chi connectivity index (χ4n) is 4.36. The number of Topliss-reactive ketones (excluding diaryl/α,β-unsaturated/α-hetero) is 1. The highest BCUT2D eigenvalue weighted by Gasteiger charge is 2.30. The summed E-state index contributed by atoms with van der Waals surface area (Å²) in [6.07, 6.45) is 2.78. The predicted molar refractivity (Wildman–Crippen MR) is 147 cm³/mol. The lowest BCUT2D eigenvalue weighted by atomic mass is 9.96. The summed E-state index contributed by atoms with van der Waals surface area (Å²) in [5.41, 5.74) is 1.09. The van der Waals surface area contributed by atoms with Crippen molar-refractivity contribution in [2.75, 3.05) is 5.32 Å². The number of hydrogen-bond acceptors (Lipinski definition) is 8. The Labute approximate surface area is 240 Å². The third-order valence-electron chi connectivity index (χ3n) is 6.24. The zero-order chi connectivity index (χ0) is 29.3. The molecule has 3 aromatic heterocycles. The number of nitrogens with zero attached hydrogens (tertiary/aromatic N) is 4. The molecule has 2 amide bonds. The summed E-state index contributed by atoms with van der Waals surface area (Å²) in [6.45, 7) is 2.78. The lowest BCUT2D eigenvalue weighted by Gasteiger charge is -2.19. The number of benzene rings is 2. The van der Waals surface area contributed by atoms with Crippen molar-refractivity contribution in [3.63, 3.8) is 0 Å². The molecule has 0 saturated heterocycles.